The van der Waals surface area contributed by atoms with Crippen molar-refractivity contribution in [2.45, 2.75) is 26.2 Å². The van der Waals surface area contributed by atoms with E-state index >= 15 is 0 Å². The van der Waals surface area contributed by atoms with Crippen molar-refractivity contribution in [2.75, 3.05) is 13.1 Å². The van der Waals surface area contributed by atoms with Crippen LogP contribution in [0.2, 0.25) is 10.0 Å². The zero-order valence-corrected chi connectivity index (χ0v) is 16.0. The summed E-state index contributed by atoms with van der Waals surface area (Å²) in [4.78, 5) is 37.4. The van der Waals surface area contributed by atoms with E-state index in [4.69, 9.17) is 23.2 Å². The fourth-order valence-electron chi connectivity index (χ4n) is 2.19. The Kier molecular flexibility index (Phi) is 7.35. The first kappa shape index (κ1) is 19.8. The minimum Gasteiger partial charge on any atom is -0.354 e. The minimum absolute atomic E-state index is 0.0719. The minimum atomic E-state index is -0.385. The molecule has 25 heavy (non-hydrogen) atoms. The summed E-state index contributed by atoms with van der Waals surface area (Å²) in [6.07, 6.45) is 3.78. The van der Waals surface area contributed by atoms with Crippen molar-refractivity contribution in [3.63, 3.8) is 0 Å². The number of benzene rings is 1. The van der Waals surface area contributed by atoms with Crippen LogP contribution in [-0.2, 0) is 9.59 Å². The molecule has 3 amide bonds. The highest BCUT2D eigenvalue weighted by atomic mass is 35.5. The second-order valence-electron chi connectivity index (χ2n) is 5.45. The van der Waals surface area contributed by atoms with Crippen molar-refractivity contribution >= 4 is 58.1 Å². The highest BCUT2D eigenvalue weighted by Gasteiger charge is 2.34. The molecule has 1 aliphatic heterocycles. The molecule has 8 heteroatoms. The van der Waals surface area contributed by atoms with Gasteiger partial charge in [-0.1, -0.05) is 42.6 Å². The molecule has 1 aromatic carbocycles. The molecule has 1 aromatic rings. The van der Waals surface area contributed by atoms with Gasteiger partial charge in [0.2, 0.25) is 5.91 Å². The van der Waals surface area contributed by atoms with E-state index in [1.165, 1.54) is 0 Å². The number of carbonyl (C=O) groups is 3. The smallest absolute Gasteiger partial charge is 0.293 e. The topological polar surface area (TPSA) is 66.5 Å². The van der Waals surface area contributed by atoms with Gasteiger partial charge in [0.05, 0.1) is 4.91 Å². The van der Waals surface area contributed by atoms with Crippen molar-refractivity contribution in [1.82, 2.24) is 10.2 Å². The zero-order chi connectivity index (χ0) is 18.4. The van der Waals surface area contributed by atoms with Crippen LogP contribution >= 0.6 is 35.0 Å². The van der Waals surface area contributed by atoms with E-state index in [1.807, 2.05) is 6.92 Å². The molecule has 0 aliphatic carbocycles. The number of rotatable bonds is 7. The number of nitrogens with one attached hydrogen (secondary N) is 1. The second-order valence-corrected chi connectivity index (χ2v) is 7.29. The largest absolute Gasteiger partial charge is 0.354 e. The van der Waals surface area contributed by atoms with E-state index < -0.39 is 0 Å². The summed E-state index contributed by atoms with van der Waals surface area (Å²) in [5, 5.41) is 3.26. The number of imide groups is 1. The van der Waals surface area contributed by atoms with Gasteiger partial charge in [-0.15, -0.1) is 0 Å². The van der Waals surface area contributed by atoms with Crippen LogP contribution in [0.3, 0.4) is 0 Å². The number of thioether (sulfide) groups is 1. The maximum atomic E-state index is 12.4. The van der Waals surface area contributed by atoms with Crippen molar-refractivity contribution < 1.29 is 14.4 Å². The maximum Gasteiger partial charge on any atom is 0.293 e. The molecule has 0 atom stereocenters. The Bertz CT molecular complexity index is 722. The Hall–Kier alpha value is -1.50. The van der Waals surface area contributed by atoms with Gasteiger partial charge in [-0.2, -0.15) is 0 Å². The molecule has 0 unspecified atom stereocenters. The summed E-state index contributed by atoms with van der Waals surface area (Å²) in [6, 6.07) is 4.92. The maximum absolute atomic E-state index is 12.4. The predicted molar refractivity (Wildman–Crippen MR) is 102 cm³/mol. The number of amides is 3. The second kappa shape index (κ2) is 9.27. The molecular weight excluding hydrogens is 383 g/mol. The molecule has 1 heterocycles. The Morgan fingerprint density at radius 3 is 2.76 bits per heavy atom. The van der Waals surface area contributed by atoms with E-state index in [0.717, 1.165) is 29.5 Å². The van der Waals surface area contributed by atoms with Crippen molar-refractivity contribution in [2.24, 2.45) is 0 Å². The van der Waals surface area contributed by atoms with Gasteiger partial charge in [-0.05, 0) is 42.0 Å². The van der Waals surface area contributed by atoms with E-state index in [-0.39, 0.29) is 30.1 Å². The quantitative estimate of drug-likeness (QED) is 0.691. The Morgan fingerprint density at radius 2 is 2.08 bits per heavy atom. The fourth-order valence-corrected chi connectivity index (χ4v) is 3.50. The number of nitrogens with zero attached hydrogens (tertiary/aromatic N) is 1. The van der Waals surface area contributed by atoms with Gasteiger partial charge in [0.25, 0.3) is 11.1 Å². The van der Waals surface area contributed by atoms with Crippen LogP contribution in [0.25, 0.3) is 6.08 Å². The normalized spacial score (nSPS) is 16.0. The van der Waals surface area contributed by atoms with E-state index in [2.05, 4.69) is 5.32 Å². The monoisotopic (exact) mass is 400 g/mol. The van der Waals surface area contributed by atoms with E-state index in [9.17, 15) is 14.4 Å². The predicted octanol–water partition coefficient (Wildman–Crippen LogP) is 4.34. The van der Waals surface area contributed by atoms with Crippen molar-refractivity contribution in [1.29, 1.82) is 0 Å². The van der Waals surface area contributed by atoms with Gasteiger partial charge in [-0.3, -0.25) is 19.3 Å². The molecule has 5 nitrogen and oxygen atoms in total. The third-order valence-electron chi connectivity index (χ3n) is 3.54. The van der Waals surface area contributed by atoms with Gasteiger partial charge in [0.15, 0.2) is 0 Å². The van der Waals surface area contributed by atoms with Gasteiger partial charge >= 0.3 is 0 Å². The van der Waals surface area contributed by atoms with Crippen LogP contribution in [-0.4, -0.2) is 35.0 Å². The Morgan fingerprint density at radius 1 is 1.32 bits per heavy atom. The van der Waals surface area contributed by atoms with Crippen LogP contribution in [0.4, 0.5) is 4.79 Å². The molecule has 134 valence electrons. The van der Waals surface area contributed by atoms with E-state index in [0.29, 0.717) is 26.9 Å². The van der Waals surface area contributed by atoms with Crippen LogP contribution in [0.1, 0.15) is 31.7 Å². The fraction of sp³-hybridized carbons (Fsp3) is 0.353. The number of halogens is 2. The molecule has 1 aliphatic rings. The molecule has 2 rings (SSSR count). The molecule has 0 radical (unpaired) electrons. The van der Waals surface area contributed by atoms with Gasteiger partial charge in [0, 0.05) is 29.6 Å². The number of hydrogen-bond acceptors (Lipinski definition) is 4. The summed E-state index contributed by atoms with van der Waals surface area (Å²) >= 11 is 12.8. The summed E-state index contributed by atoms with van der Waals surface area (Å²) in [5.41, 5.74) is 0.615. The SMILES string of the molecule is CCCCC(=O)NCCN1C(=O)S/C(=C\c2ccc(Cl)cc2Cl)C1=O. The molecule has 0 aromatic heterocycles. The first-order chi connectivity index (χ1) is 11.9. The summed E-state index contributed by atoms with van der Waals surface area (Å²) < 4.78 is 0. The number of unbranched alkanes of at least 4 members (excludes halogenated alkanes) is 1. The Balaban J connectivity index is 1.97. The van der Waals surface area contributed by atoms with Crippen molar-refractivity contribution in [3.05, 3.63) is 38.7 Å². The average Bonchev–Trinajstić information content (AvgIpc) is 2.83. The van der Waals surface area contributed by atoms with E-state index in [1.54, 1.807) is 24.3 Å². The van der Waals surface area contributed by atoms with Crippen LogP contribution in [0.15, 0.2) is 23.1 Å². The first-order valence-electron chi connectivity index (χ1n) is 7.89. The first-order valence-corrected chi connectivity index (χ1v) is 9.46. The average molecular weight is 401 g/mol. The lowest BCUT2D eigenvalue weighted by Gasteiger charge is -2.12. The molecule has 1 N–H and O–H groups in total. The summed E-state index contributed by atoms with van der Waals surface area (Å²) in [5.74, 6) is -0.457. The van der Waals surface area contributed by atoms with Crippen LogP contribution < -0.4 is 5.32 Å². The molecule has 0 saturated carbocycles. The molecular formula is C17H18Cl2N2O3S. The van der Waals surface area contributed by atoms with Crippen LogP contribution in [0, 0.1) is 0 Å². The standard InChI is InChI=1S/C17H18Cl2N2O3S/c1-2-3-4-15(22)20-7-8-21-16(23)14(25-17(21)24)9-11-5-6-12(18)10-13(11)19/h5-6,9-10H,2-4,7-8H2,1H3,(H,20,22)/b14-9-. The summed E-state index contributed by atoms with van der Waals surface area (Å²) in [7, 11) is 0. The zero-order valence-electron chi connectivity index (χ0n) is 13.7. The van der Waals surface area contributed by atoms with Gasteiger partial charge < -0.3 is 5.32 Å². The lowest BCUT2D eigenvalue weighted by molar-refractivity contribution is -0.124. The van der Waals surface area contributed by atoms with Crippen LogP contribution in [0.5, 0.6) is 0 Å². The number of carbonyl (C=O) groups excluding carboxylic acids is 3. The highest BCUT2D eigenvalue weighted by Crippen LogP contribution is 2.33. The highest BCUT2D eigenvalue weighted by molar-refractivity contribution is 8.18. The van der Waals surface area contributed by atoms with Gasteiger partial charge in [0.1, 0.15) is 0 Å². The lowest BCUT2D eigenvalue weighted by atomic mass is 10.2. The molecule has 1 saturated heterocycles. The molecule has 0 spiro atoms. The molecule has 0 bridgehead atoms. The summed E-state index contributed by atoms with van der Waals surface area (Å²) in [6.45, 7) is 2.40. The third kappa shape index (κ3) is 5.49. The Labute approximate surface area is 160 Å². The third-order valence-corrected chi connectivity index (χ3v) is 5.01. The van der Waals surface area contributed by atoms with Gasteiger partial charge in [-0.25, -0.2) is 0 Å². The lowest BCUT2D eigenvalue weighted by Crippen LogP contribution is -2.37. The molecule has 1 fully saturated rings. The number of hydrogen-bond donors (Lipinski definition) is 1. The van der Waals surface area contributed by atoms with Crippen molar-refractivity contribution in [3.8, 4) is 0 Å².